The molecule has 2 unspecified atom stereocenters. The van der Waals surface area contributed by atoms with Crippen molar-refractivity contribution in [3.63, 3.8) is 0 Å². The Bertz CT molecular complexity index is 226. The molecule has 0 rings (SSSR count). The van der Waals surface area contributed by atoms with Gasteiger partial charge in [0.15, 0.2) is 6.10 Å². The van der Waals surface area contributed by atoms with E-state index in [2.05, 4.69) is 9.47 Å². The Morgan fingerprint density at radius 2 is 1.38 bits per heavy atom. The van der Waals surface area contributed by atoms with Crippen LogP contribution in [0.4, 0.5) is 4.39 Å². The number of hydrogen-bond acceptors (Lipinski definition) is 5. The number of esters is 2. The lowest BCUT2D eigenvalue weighted by Gasteiger charge is -2.16. The molecule has 0 fully saturated rings. The van der Waals surface area contributed by atoms with Gasteiger partial charge in [-0.2, -0.15) is 0 Å². The highest BCUT2D eigenvalue weighted by atomic mass is 19.1. The molecule has 0 saturated heterocycles. The number of aliphatic hydroxyl groups is 1. The lowest BCUT2D eigenvalue weighted by molar-refractivity contribution is -0.172. The topological polar surface area (TPSA) is 72.8 Å². The number of carbonyl (C=O) groups is 2. The van der Waals surface area contributed by atoms with E-state index in [0.717, 1.165) is 0 Å². The van der Waals surface area contributed by atoms with Crippen LogP contribution in [-0.4, -0.2) is 41.5 Å². The first-order chi connectivity index (χ1) is 7.25. The van der Waals surface area contributed by atoms with E-state index in [-0.39, 0.29) is 0 Å². The molecule has 1 N–H and O–H groups in total. The first kappa shape index (κ1) is 14.8. The van der Waals surface area contributed by atoms with E-state index in [1.165, 1.54) is 13.8 Å². The monoisotopic (exact) mass is 236 g/mol. The minimum absolute atomic E-state index is 0.490. The summed E-state index contributed by atoms with van der Waals surface area (Å²) in [5.74, 6) is -2.45. The molecule has 0 bridgehead atoms. The largest absolute Gasteiger partial charge is 0.461 e. The lowest BCUT2D eigenvalue weighted by Crippen LogP contribution is -2.40. The van der Waals surface area contributed by atoms with Gasteiger partial charge in [0.05, 0.1) is 12.2 Å². The average Bonchev–Trinajstić information content (AvgIpc) is 2.13. The van der Waals surface area contributed by atoms with Gasteiger partial charge in [-0.1, -0.05) is 0 Å². The van der Waals surface area contributed by atoms with Crippen molar-refractivity contribution >= 4 is 11.9 Å². The van der Waals surface area contributed by atoms with Crippen LogP contribution in [0.5, 0.6) is 0 Å². The maximum atomic E-state index is 13.2. The molecule has 16 heavy (non-hydrogen) atoms. The van der Waals surface area contributed by atoms with E-state index < -0.39 is 36.4 Å². The van der Waals surface area contributed by atoms with Crippen molar-refractivity contribution in [3.05, 3.63) is 0 Å². The Morgan fingerprint density at radius 1 is 1.00 bits per heavy atom. The van der Waals surface area contributed by atoms with E-state index in [1.54, 1.807) is 13.8 Å². The molecule has 0 spiro atoms. The first-order valence-corrected chi connectivity index (χ1v) is 4.98. The fourth-order valence-electron chi connectivity index (χ4n) is 0.848. The van der Waals surface area contributed by atoms with Crippen LogP contribution in [0.2, 0.25) is 0 Å². The molecule has 0 amide bonds. The molecular formula is C10H17FO5. The zero-order chi connectivity index (χ0) is 12.9. The second-order valence-electron chi connectivity index (χ2n) is 3.82. The summed E-state index contributed by atoms with van der Waals surface area (Å²) < 4.78 is 22.3. The van der Waals surface area contributed by atoms with Crippen LogP contribution >= 0.6 is 0 Å². The van der Waals surface area contributed by atoms with Crippen LogP contribution in [0.15, 0.2) is 0 Å². The highest BCUT2D eigenvalue weighted by molar-refractivity contribution is 5.85. The molecule has 6 heteroatoms. The van der Waals surface area contributed by atoms with Crippen LogP contribution in [0.25, 0.3) is 0 Å². The van der Waals surface area contributed by atoms with Gasteiger partial charge < -0.3 is 14.6 Å². The minimum Gasteiger partial charge on any atom is -0.461 e. The molecular weight excluding hydrogens is 219 g/mol. The third-order valence-corrected chi connectivity index (χ3v) is 1.45. The molecule has 0 aromatic rings. The number of alkyl halides is 1. The SMILES string of the molecule is CC(C)OC(=O)C(O)C(F)C(=O)OC(C)C. The van der Waals surface area contributed by atoms with Gasteiger partial charge in [0.25, 0.3) is 0 Å². The van der Waals surface area contributed by atoms with Crippen molar-refractivity contribution in [3.8, 4) is 0 Å². The molecule has 0 aliphatic carbocycles. The third kappa shape index (κ3) is 5.06. The normalized spacial score (nSPS) is 14.8. The van der Waals surface area contributed by atoms with Crippen LogP contribution in [0, 0.1) is 0 Å². The molecule has 0 radical (unpaired) electrons. The summed E-state index contributed by atoms with van der Waals surface area (Å²) in [7, 11) is 0. The lowest BCUT2D eigenvalue weighted by atomic mass is 10.2. The summed E-state index contributed by atoms with van der Waals surface area (Å²) in [6.07, 6.45) is -5.57. The maximum Gasteiger partial charge on any atom is 0.344 e. The predicted molar refractivity (Wildman–Crippen MR) is 53.4 cm³/mol. The van der Waals surface area contributed by atoms with Crippen molar-refractivity contribution < 1.29 is 28.6 Å². The molecule has 0 saturated carbocycles. The first-order valence-electron chi connectivity index (χ1n) is 4.98. The summed E-state index contributed by atoms with van der Waals surface area (Å²) in [6, 6.07) is 0. The van der Waals surface area contributed by atoms with Crippen molar-refractivity contribution in [2.24, 2.45) is 0 Å². The molecule has 5 nitrogen and oxygen atoms in total. The van der Waals surface area contributed by atoms with Gasteiger partial charge in [0, 0.05) is 0 Å². The summed E-state index contributed by atoms with van der Waals surface area (Å²) in [5.41, 5.74) is 0. The fraction of sp³-hybridized carbons (Fsp3) is 0.800. The summed E-state index contributed by atoms with van der Waals surface area (Å²) in [6.45, 7) is 6.15. The van der Waals surface area contributed by atoms with E-state index in [9.17, 15) is 14.0 Å². The number of hydrogen-bond donors (Lipinski definition) is 1. The minimum atomic E-state index is -2.42. The van der Waals surface area contributed by atoms with Crippen LogP contribution in [-0.2, 0) is 19.1 Å². The number of ether oxygens (including phenoxy) is 2. The van der Waals surface area contributed by atoms with Crippen molar-refractivity contribution in [2.45, 2.75) is 52.2 Å². The maximum absolute atomic E-state index is 13.2. The van der Waals surface area contributed by atoms with Crippen molar-refractivity contribution in [2.75, 3.05) is 0 Å². The number of halogens is 1. The van der Waals surface area contributed by atoms with Gasteiger partial charge in [-0.05, 0) is 27.7 Å². The number of aliphatic hydroxyl groups excluding tert-OH is 1. The van der Waals surface area contributed by atoms with Crippen LogP contribution in [0.1, 0.15) is 27.7 Å². The molecule has 0 aliphatic heterocycles. The molecule has 94 valence electrons. The standard InChI is InChI=1S/C10H17FO5/c1-5(2)15-9(13)7(11)8(12)10(14)16-6(3)4/h5-8,12H,1-4H3. The number of rotatable bonds is 5. The smallest absolute Gasteiger partial charge is 0.344 e. The molecule has 0 aromatic carbocycles. The molecule has 0 aliphatic rings. The Balaban J connectivity index is 4.31. The Labute approximate surface area is 93.5 Å². The van der Waals surface area contributed by atoms with Crippen LogP contribution < -0.4 is 0 Å². The Morgan fingerprint density at radius 3 is 1.75 bits per heavy atom. The van der Waals surface area contributed by atoms with Crippen molar-refractivity contribution in [1.29, 1.82) is 0 Å². The van der Waals surface area contributed by atoms with E-state index in [0.29, 0.717) is 0 Å². The fourth-order valence-corrected chi connectivity index (χ4v) is 0.848. The second-order valence-corrected chi connectivity index (χ2v) is 3.82. The predicted octanol–water partition coefficient (Wildman–Crippen LogP) is 0.589. The van der Waals surface area contributed by atoms with Gasteiger partial charge >= 0.3 is 11.9 Å². The van der Waals surface area contributed by atoms with Gasteiger partial charge in [-0.25, -0.2) is 14.0 Å². The molecule has 2 atom stereocenters. The summed E-state index contributed by atoms with van der Waals surface area (Å²) >= 11 is 0. The Hall–Kier alpha value is -1.17. The van der Waals surface area contributed by atoms with Gasteiger partial charge in [-0.3, -0.25) is 0 Å². The molecule has 0 aromatic heterocycles. The number of carbonyl (C=O) groups excluding carboxylic acids is 2. The van der Waals surface area contributed by atoms with Crippen LogP contribution in [0.3, 0.4) is 0 Å². The third-order valence-electron chi connectivity index (χ3n) is 1.45. The van der Waals surface area contributed by atoms with E-state index >= 15 is 0 Å². The zero-order valence-electron chi connectivity index (χ0n) is 9.77. The van der Waals surface area contributed by atoms with E-state index in [4.69, 9.17) is 5.11 Å². The quantitative estimate of drug-likeness (QED) is 0.707. The highest BCUT2D eigenvalue weighted by Crippen LogP contribution is 2.07. The van der Waals surface area contributed by atoms with E-state index in [1.807, 2.05) is 0 Å². The zero-order valence-corrected chi connectivity index (χ0v) is 9.77. The van der Waals surface area contributed by atoms with Crippen molar-refractivity contribution in [1.82, 2.24) is 0 Å². The average molecular weight is 236 g/mol. The summed E-state index contributed by atoms with van der Waals surface area (Å²) in [5, 5.41) is 9.17. The van der Waals surface area contributed by atoms with Gasteiger partial charge in [0.1, 0.15) is 0 Å². The second kappa shape index (κ2) is 6.42. The van der Waals surface area contributed by atoms with Gasteiger partial charge in [-0.15, -0.1) is 0 Å². The van der Waals surface area contributed by atoms with Gasteiger partial charge in [0.2, 0.25) is 6.17 Å². The highest BCUT2D eigenvalue weighted by Gasteiger charge is 2.35. The molecule has 0 heterocycles. The Kier molecular flexibility index (Phi) is 5.95. The summed E-state index contributed by atoms with van der Waals surface area (Å²) in [4.78, 5) is 22.1.